The fourth-order valence-electron chi connectivity index (χ4n) is 3.16. The van der Waals surface area contributed by atoms with Crippen LogP contribution in [0.3, 0.4) is 0 Å². The van der Waals surface area contributed by atoms with Gasteiger partial charge in [0.25, 0.3) is 0 Å². The van der Waals surface area contributed by atoms with Crippen LogP contribution < -0.4 is 5.32 Å². The Bertz CT molecular complexity index is 849. The lowest BCUT2D eigenvalue weighted by Crippen LogP contribution is -2.24. The minimum Gasteiger partial charge on any atom is -0.316 e. The van der Waals surface area contributed by atoms with E-state index >= 15 is 0 Å². The third-order valence-electron chi connectivity index (χ3n) is 4.39. The van der Waals surface area contributed by atoms with Crippen LogP contribution in [0.2, 0.25) is 0 Å². The highest BCUT2D eigenvalue weighted by molar-refractivity contribution is 8.00. The van der Waals surface area contributed by atoms with Crippen molar-refractivity contribution in [2.45, 2.75) is 63.3 Å². The lowest BCUT2D eigenvalue weighted by atomic mass is 9.96. The molecular weight excluding hydrogens is 364 g/mol. The molecule has 26 heavy (non-hydrogen) atoms. The lowest BCUT2D eigenvalue weighted by molar-refractivity contribution is -0.115. The zero-order valence-corrected chi connectivity index (χ0v) is 16.9. The van der Waals surface area contributed by atoms with E-state index < -0.39 is 0 Å². The molecule has 5 nitrogen and oxygen atoms in total. The van der Waals surface area contributed by atoms with E-state index in [1.165, 1.54) is 16.6 Å². The number of anilines is 1. The Labute approximate surface area is 162 Å². The summed E-state index contributed by atoms with van der Waals surface area (Å²) < 4.78 is 0. The van der Waals surface area contributed by atoms with Gasteiger partial charge in [0.2, 0.25) is 5.91 Å². The van der Waals surface area contributed by atoms with E-state index in [0.717, 1.165) is 42.6 Å². The Morgan fingerprint density at radius 3 is 2.69 bits per heavy atom. The van der Waals surface area contributed by atoms with Crippen LogP contribution in [0.1, 0.15) is 53.6 Å². The summed E-state index contributed by atoms with van der Waals surface area (Å²) in [5.74, 6) is -0.0876. The number of carbonyl (C=O) groups excluding carboxylic acids is 1. The van der Waals surface area contributed by atoms with Gasteiger partial charge >= 0.3 is 0 Å². The Hall–Kier alpha value is -1.91. The number of nitrogens with zero attached hydrogens (tertiary/aromatic N) is 3. The van der Waals surface area contributed by atoms with E-state index in [-0.39, 0.29) is 11.2 Å². The van der Waals surface area contributed by atoms with Crippen LogP contribution in [-0.4, -0.2) is 21.1 Å². The molecule has 0 radical (unpaired) electrons. The lowest BCUT2D eigenvalue weighted by Gasteiger charge is -2.13. The van der Waals surface area contributed by atoms with E-state index in [0.29, 0.717) is 22.1 Å². The van der Waals surface area contributed by atoms with E-state index in [1.807, 2.05) is 26.8 Å². The van der Waals surface area contributed by atoms with Crippen LogP contribution in [0, 0.1) is 25.2 Å². The molecule has 1 aliphatic carbocycles. The maximum Gasteiger partial charge on any atom is 0.238 e. The molecule has 7 heteroatoms. The van der Waals surface area contributed by atoms with Gasteiger partial charge in [-0.1, -0.05) is 18.7 Å². The molecule has 1 amide bonds. The number of carbonyl (C=O) groups is 1. The van der Waals surface area contributed by atoms with Crippen molar-refractivity contribution in [3.05, 3.63) is 33.5 Å². The number of aryl methyl sites for hydroxylation is 3. The second-order valence-electron chi connectivity index (χ2n) is 6.46. The molecule has 0 fully saturated rings. The predicted octanol–water partition coefficient (Wildman–Crippen LogP) is 4.41. The van der Waals surface area contributed by atoms with Gasteiger partial charge in [0, 0.05) is 16.3 Å². The summed E-state index contributed by atoms with van der Waals surface area (Å²) in [6, 6.07) is 4.21. The molecule has 1 N–H and O–H groups in total. The van der Waals surface area contributed by atoms with E-state index in [9.17, 15) is 10.1 Å². The average molecular weight is 387 g/mol. The van der Waals surface area contributed by atoms with Crippen molar-refractivity contribution in [2.75, 3.05) is 5.32 Å². The van der Waals surface area contributed by atoms with Crippen molar-refractivity contribution < 1.29 is 4.79 Å². The van der Waals surface area contributed by atoms with Gasteiger partial charge < -0.3 is 5.32 Å². The molecule has 136 valence electrons. The maximum atomic E-state index is 12.8. The van der Waals surface area contributed by atoms with E-state index in [2.05, 4.69) is 21.4 Å². The molecule has 0 saturated carbocycles. The van der Waals surface area contributed by atoms with Crippen LogP contribution in [0.4, 0.5) is 5.00 Å². The van der Waals surface area contributed by atoms with Gasteiger partial charge in [0.05, 0.1) is 10.8 Å². The summed E-state index contributed by atoms with van der Waals surface area (Å²) in [4.78, 5) is 22.9. The Morgan fingerprint density at radius 2 is 2.04 bits per heavy atom. The molecular formula is C19H22N4OS2. The van der Waals surface area contributed by atoms with E-state index in [1.54, 1.807) is 11.3 Å². The zero-order chi connectivity index (χ0) is 18.7. The quantitative estimate of drug-likeness (QED) is 0.608. The first-order valence-electron chi connectivity index (χ1n) is 8.86. The van der Waals surface area contributed by atoms with Crippen molar-refractivity contribution in [3.8, 4) is 6.07 Å². The predicted molar refractivity (Wildman–Crippen MR) is 106 cm³/mol. The van der Waals surface area contributed by atoms with Gasteiger partial charge in [0.15, 0.2) is 5.16 Å². The Morgan fingerprint density at radius 1 is 1.35 bits per heavy atom. The number of aromatic nitrogens is 2. The van der Waals surface area contributed by atoms with Crippen LogP contribution in [0.5, 0.6) is 0 Å². The maximum absolute atomic E-state index is 12.8. The Kier molecular flexibility index (Phi) is 5.94. The van der Waals surface area contributed by atoms with Crippen molar-refractivity contribution in [1.82, 2.24) is 9.97 Å². The molecule has 0 spiro atoms. The third-order valence-corrected chi connectivity index (χ3v) is 6.83. The molecule has 0 saturated heterocycles. The van der Waals surface area contributed by atoms with Crippen LogP contribution in [0.25, 0.3) is 0 Å². The number of fused-ring (bicyclic) bond motifs is 1. The zero-order valence-electron chi connectivity index (χ0n) is 15.3. The highest BCUT2D eigenvalue weighted by atomic mass is 32.2. The standard InChI is InChI=1S/C19H22N4OS2/c1-4-15(26-19-21-11(2)9-12(3)22-19)17(24)23-18-14(10-20)13-7-5-6-8-16(13)25-18/h9,15H,4-8H2,1-3H3,(H,23,24)/t15-/m1/s1. The highest BCUT2D eigenvalue weighted by Gasteiger charge is 2.25. The van der Waals surface area contributed by atoms with Crippen LogP contribution in [-0.2, 0) is 17.6 Å². The molecule has 0 unspecified atom stereocenters. The van der Waals surface area contributed by atoms with Crippen LogP contribution >= 0.6 is 23.1 Å². The summed E-state index contributed by atoms with van der Waals surface area (Å²) in [7, 11) is 0. The smallest absolute Gasteiger partial charge is 0.238 e. The largest absolute Gasteiger partial charge is 0.316 e. The first kappa shape index (κ1) is 18.9. The molecule has 2 aromatic heterocycles. The highest BCUT2D eigenvalue weighted by Crippen LogP contribution is 2.38. The SMILES string of the molecule is CC[C@@H](Sc1nc(C)cc(C)n1)C(=O)Nc1sc2c(c1C#N)CCCC2. The van der Waals surface area contributed by atoms with Gasteiger partial charge in [-0.25, -0.2) is 9.97 Å². The fourth-order valence-corrected chi connectivity index (χ4v) is 5.38. The molecule has 2 aromatic rings. The van der Waals surface area contributed by atoms with Gasteiger partial charge in [-0.3, -0.25) is 4.79 Å². The first-order valence-corrected chi connectivity index (χ1v) is 10.6. The Balaban J connectivity index is 1.78. The number of hydrogen-bond donors (Lipinski definition) is 1. The summed E-state index contributed by atoms with van der Waals surface area (Å²) in [5, 5.41) is 13.6. The van der Waals surface area contributed by atoms with Crippen molar-refractivity contribution in [1.29, 1.82) is 5.26 Å². The monoisotopic (exact) mass is 386 g/mol. The number of thioether (sulfide) groups is 1. The van der Waals surface area contributed by atoms with Crippen molar-refractivity contribution >= 4 is 34.0 Å². The molecule has 1 aliphatic rings. The van der Waals surface area contributed by atoms with Gasteiger partial charge in [-0.2, -0.15) is 5.26 Å². The summed E-state index contributed by atoms with van der Waals surface area (Å²) in [6.45, 7) is 5.83. The summed E-state index contributed by atoms with van der Waals surface area (Å²) in [6.07, 6.45) is 4.88. The fraction of sp³-hybridized carbons (Fsp3) is 0.474. The first-order chi connectivity index (χ1) is 12.5. The van der Waals surface area contributed by atoms with Gasteiger partial charge in [-0.05, 0) is 57.6 Å². The summed E-state index contributed by atoms with van der Waals surface area (Å²) in [5.41, 5.74) is 3.58. The topological polar surface area (TPSA) is 78.7 Å². The molecule has 0 aromatic carbocycles. The minimum absolute atomic E-state index is 0.0876. The van der Waals surface area contributed by atoms with Crippen molar-refractivity contribution in [2.24, 2.45) is 0 Å². The molecule has 1 atom stereocenters. The van der Waals surface area contributed by atoms with Crippen LogP contribution in [0.15, 0.2) is 11.2 Å². The van der Waals surface area contributed by atoms with E-state index in [4.69, 9.17) is 0 Å². The number of amides is 1. The average Bonchev–Trinajstić information content (AvgIpc) is 2.95. The number of thiophene rings is 1. The molecule has 2 heterocycles. The minimum atomic E-state index is -0.290. The number of rotatable bonds is 5. The molecule has 3 rings (SSSR count). The number of nitrogens with one attached hydrogen (secondary N) is 1. The second-order valence-corrected chi connectivity index (χ2v) is 8.74. The second kappa shape index (κ2) is 8.19. The number of nitriles is 1. The van der Waals surface area contributed by atoms with Gasteiger partial charge in [-0.15, -0.1) is 11.3 Å². The molecule has 0 aliphatic heterocycles. The third kappa shape index (κ3) is 4.08. The van der Waals surface area contributed by atoms with Crippen molar-refractivity contribution in [3.63, 3.8) is 0 Å². The normalized spacial score (nSPS) is 14.4. The molecule has 0 bridgehead atoms. The number of hydrogen-bond acceptors (Lipinski definition) is 6. The van der Waals surface area contributed by atoms with Gasteiger partial charge in [0.1, 0.15) is 11.1 Å². The summed E-state index contributed by atoms with van der Waals surface area (Å²) >= 11 is 2.94.